The average molecular weight is 464 g/mol. The van der Waals surface area contributed by atoms with Crippen LogP contribution in [0.25, 0.3) is 0 Å². The van der Waals surface area contributed by atoms with E-state index in [0.29, 0.717) is 6.42 Å². The number of hydrogen-bond acceptors (Lipinski definition) is 10. The minimum atomic E-state index is -0.923. The lowest BCUT2D eigenvalue weighted by Gasteiger charge is -2.30. The third-order valence-electron chi connectivity index (χ3n) is 3.94. The van der Waals surface area contributed by atoms with Crippen LogP contribution in [0, 0.1) is 0 Å². The van der Waals surface area contributed by atoms with Gasteiger partial charge in [0.15, 0.2) is 12.1 Å². The summed E-state index contributed by atoms with van der Waals surface area (Å²) in [6.45, 7) is 6.88. The summed E-state index contributed by atoms with van der Waals surface area (Å²) >= 11 is 0. The van der Waals surface area contributed by atoms with Crippen LogP contribution in [0.5, 0.6) is 0 Å². The highest BCUT2D eigenvalue weighted by Crippen LogP contribution is 2.12. The maximum absolute atomic E-state index is 12.5. The topological polar surface area (TPSA) is 151 Å². The molecule has 2 unspecified atom stereocenters. The molecule has 186 valence electrons. The molecule has 0 aliphatic carbocycles. The Morgan fingerprint density at radius 1 is 1.16 bits per heavy atom. The molecule has 0 rings (SSSR count). The maximum atomic E-state index is 12.5. The van der Waals surface area contributed by atoms with Crippen molar-refractivity contribution in [1.82, 2.24) is 4.90 Å². The second-order valence-corrected chi connectivity index (χ2v) is 7.68. The number of aliphatic hydroxyl groups is 1. The van der Waals surface area contributed by atoms with E-state index in [1.165, 1.54) is 32.2 Å². The van der Waals surface area contributed by atoms with E-state index < -0.39 is 36.1 Å². The van der Waals surface area contributed by atoms with E-state index >= 15 is 0 Å². The minimum Gasteiger partial charge on any atom is -0.463 e. The summed E-state index contributed by atoms with van der Waals surface area (Å²) in [5, 5.41) is 13.5. The lowest BCUT2D eigenvalue weighted by molar-refractivity contribution is -0.140. The van der Waals surface area contributed by atoms with Gasteiger partial charge in [0.25, 0.3) is 0 Å². The van der Waals surface area contributed by atoms with Gasteiger partial charge in [0, 0.05) is 27.3 Å². The predicted octanol–water partition coefficient (Wildman–Crippen LogP) is 0.974. The Hall–Kier alpha value is -2.41. The van der Waals surface area contributed by atoms with Gasteiger partial charge in [-0.25, -0.2) is 9.59 Å². The van der Waals surface area contributed by atoms with Gasteiger partial charge in [-0.3, -0.25) is 4.90 Å². The van der Waals surface area contributed by atoms with Crippen molar-refractivity contribution in [3.05, 3.63) is 11.8 Å². The molecule has 0 aromatic rings. The van der Waals surface area contributed by atoms with Crippen molar-refractivity contribution in [2.75, 3.05) is 41.6 Å². The van der Waals surface area contributed by atoms with Crippen molar-refractivity contribution in [1.29, 1.82) is 0 Å². The molecule has 0 aromatic heterocycles. The largest absolute Gasteiger partial charge is 0.463 e. The average Bonchev–Trinajstić information content (AvgIpc) is 2.74. The number of methoxy groups -OCH3 is 3. The first kappa shape index (κ1) is 29.6. The van der Waals surface area contributed by atoms with Crippen LogP contribution in [0.2, 0.25) is 0 Å². The minimum absolute atomic E-state index is 0.0277. The number of nitrogens with two attached hydrogens (primary N) is 1. The molecule has 12 heteroatoms. The van der Waals surface area contributed by atoms with Gasteiger partial charge >= 0.3 is 12.1 Å². The third-order valence-corrected chi connectivity index (χ3v) is 3.94. The van der Waals surface area contributed by atoms with Crippen molar-refractivity contribution in [2.45, 2.75) is 58.2 Å². The van der Waals surface area contributed by atoms with E-state index in [1.807, 2.05) is 0 Å². The first-order valence-corrected chi connectivity index (χ1v) is 9.97. The van der Waals surface area contributed by atoms with Crippen LogP contribution in [0.4, 0.5) is 4.79 Å². The number of ether oxygens (including phenoxy) is 5. The van der Waals surface area contributed by atoms with Gasteiger partial charge in [-0.15, -0.1) is 0 Å². The van der Waals surface area contributed by atoms with Crippen LogP contribution in [0.1, 0.15) is 34.1 Å². The lowest BCUT2D eigenvalue weighted by Crippen LogP contribution is -2.50. The smallest absolute Gasteiger partial charge is 0.410 e. The summed E-state index contributed by atoms with van der Waals surface area (Å²) < 4.78 is 25.5. The van der Waals surface area contributed by atoms with Gasteiger partial charge in [-0.1, -0.05) is 12.1 Å². The Bertz CT molecular complexity index is 643. The van der Waals surface area contributed by atoms with E-state index in [2.05, 4.69) is 9.89 Å². The highest BCUT2D eigenvalue weighted by Gasteiger charge is 2.29. The van der Waals surface area contributed by atoms with E-state index in [9.17, 15) is 14.7 Å². The lowest BCUT2D eigenvalue weighted by atomic mass is 10.2. The molecule has 0 heterocycles. The number of aliphatic hydroxyl groups excluding tert-OH is 1. The third kappa shape index (κ3) is 11.3. The highest BCUT2D eigenvalue weighted by molar-refractivity contribution is 5.89. The molecule has 0 saturated carbocycles. The molecule has 0 fully saturated rings. The summed E-state index contributed by atoms with van der Waals surface area (Å²) in [5.41, 5.74) is 5.30. The number of carbonyl (C=O) groups excluding carboxylic acids is 2. The molecule has 32 heavy (non-hydrogen) atoms. The van der Waals surface area contributed by atoms with Gasteiger partial charge in [-0.05, 0) is 27.2 Å². The molecule has 0 aliphatic rings. The molecule has 0 spiro atoms. The molecule has 0 aromatic carbocycles. The van der Waals surface area contributed by atoms with Gasteiger partial charge in [0.05, 0.1) is 26.4 Å². The molecule has 0 aliphatic heterocycles. The Kier molecular flexibility index (Phi) is 13.5. The number of rotatable bonds is 13. The molecule has 0 saturated heterocycles. The van der Waals surface area contributed by atoms with E-state index in [-0.39, 0.29) is 24.8 Å². The van der Waals surface area contributed by atoms with Crippen LogP contribution < -0.4 is 5.73 Å². The van der Waals surface area contributed by atoms with Crippen molar-refractivity contribution in [2.24, 2.45) is 10.9 Å². The van der Waals surface area contributed by atoms with Gasteiger partial charge in [-0.2, -0.15) is 0 Å². The van der Waals surface area contributed by atoms with E-state index in [4.69, 9.17) is 29.5 Å². The summed E-state index contributed by atoms with van der Waals surface area (Å²) in [6.07, 6.45) is -0.566. The number of carbonyl (C=O) groups is 2. The van der Waals surface area contributed by atoms with Gasteiger partial charge in [0.1, 0.15) is 11.6 Å². The first-order chi connectivity index (χ1) is 14.9. The van der Waals surface area contributed by atoms with Crippen LogP contribution in [-0.4, -0.2) is 93.5 Å². The molecule has 0 bridgehead atoms. The quantitative estimate of drug-likeness (QED) is 0.0769. The van der Waals surface area contributed by atoms with Crippen LogP contribution in [0.3, 0.4) is 0 Å². The number of amidine groups is 1. The van der Waals surface area contributed by atoms with E-state index in [0.717, 1.165) is 7.11 Å². The Labute approximate surface area is 189 Å². The zero-order chi connectivity index (χ0) is 24.9. The van der Waals surface area contributed by atoms with Crippen molar-refractivity contribution in [3.63, 3.8) is 0 Å². The SMILES string of the molecule is CCC(O)COCC(C(N)=NOC(=CC(OC)OC)C(=O)OC)N(C)C(=O)OC(C)(C)C. The second-order valence-electron chi connectivity index (χ2n) is 7.68. The normalized spacial score (nSPS) is 14.7. The van der Waals surface area contributed by atoms with Crippen molar-refractivity contribution < 1.29 is 43.2 Å². The molecule has 3 N–H and O–H groups in total. The predicted molar refractivity (Wildman–Crippen MR) is 116 cm³/mol. The number of hydrogen-bond donors (Lipinski definition) is 2. The standard InChI is InChI=1S/C20H37N3O9/c1-9-13(24)11-30-12-14(23(5)19(26)31-20(2,3)4)17(21)22-32-15(18(25)29-8)10-16(27-6)28-7/h10,13-14,16,24H,9,11-12H2,1-8H3,(H2,21,22). The summed E-state index contributed by atoms with van der Waals surface area (Å²) in [5.74, 6) is -1.38. The zero-order valence-corrected chi connectivity index (χ0v) is 20.1. The number of nitrogens with zero attached hydrogens (tertiary/aromatic N) is 2. The number of amides is 1. The van der Waals surface area contributed by atoms with E-state index in [1.54, 1.807) is 27.7 Å². The van der Waals surface area contributed by atoms with Gasteiger partial charge in [0.2, 0.25) is 5.76 Å². The van der Waals surface area contributed by atoms with Crippen molar-refractivity contribution >= 4 is 17.9 Å². The van der Waals surface area contributed by atoms with Crippen LogP contribution in [0.15, 0.2) is 17.0 Å². The van der Waals surface area contributed by atoms with Crippen molar-refractivity contribution in [3.8, 4) is 0 Å². The molecule has 12 nitrogen and oxygen atoms in total. The second kappa shape index (κ2) is 14.6. The number of likely N-dealkylation sites (N-methyl/N-ethyl adjacent to an activating group) is 1. The molecule has 1 amide bonds. The Balaban J connectivity index is 5.69. The number of esters is 1. The number of oxime groups is 1. The Morgan fingerprint density at radius 2 is 1.75 bits per heavy atom. The molecule has 2 atom stereocenters. The fourth-order valence-corrected chi connectivity index (χ4v) is 2.05. The highest BCUT2D eigenvalue weighted by atomic mass is 16.7. The Morgan fingerprint density at radius 3 is 2.22 bits per heavy atom. The monoisotopic (exact) mass is 463 g/mol. The molecule has 0 radical (unpaired) electrons. The summed E-state index contributed by atoms with van der Waals surface area (Å²) in [7, 11) is 5.34. The first-order valence-electron chi connectivity index (χ1n) is 9.97. The zero-order valence-electron chi connectivity index (χ0n) is 20.1. The molecular weight excluding hydrogens is 426 g/mol. The maximum Gasteiger partial charge on any atom is 0.410 e. The van der Waals surface area contributed by atoms with Crippen LogP contribution in [-0.2, 0) is 33.3 Å². The fraction of sp³-hybridized carbons (Fsp3) is 0.750. The molecular formula is C20H37N3O9. The van der Waals surface area contributed by atoms with Gasteiger partial charge < -0.3 is 39.4 Å². The summed E-state index contributed by atoms with van der Waals surface area (Å²) in [6, 6.07) is -0.923. The fourth-order valence-electron chi connectivity index (χ4n) is 2.05. The van der Waals surface area contributed by atoms with Crippen LogP contribution >= 0.6 is 0 Å². The summed E-state index contributed by atoms with van der Waals surface area (Å²) in [4.78, 5) is 30.8.